The molecule has 1 unspecified atom stereocenters. The van der Waals surface area contributed by atoms with Crippen LogP contribution in [-0.2, 0) is 4.74 Å². The van der Waals surface area contributed by atoms with Crippen molar-refractivity contribution < 1.29 is 4.74 Å². The van der Waals surface area contributed by atoms with Crippen molar-refractivity contribution in [1.29, 1.82) is 0 Å². The zero-order valence-corrected chi connectivity index (χ0v) is 14.9. The quantitative estimate of drug-likeness (QED) is 0.834. The Morgan fingerprint density at radius 3 is 2.18 bits per heavy atom. The van der Waals surface area contributed by atoms with Gasteiger partial charge < -0.3 is 9.64 Å². The third kappa shape index (κ3) is 2.65. The van der Waals surface area contributed by atoms with E-state index in [2.05, 4.69) is 69.5 Å². The van der Waals surface area contributed by atoms with Gasteiger partial charge in [-0.15, -0.1) is 0 Å². The fraction of sp³-hybridized carbons (Fsp3) is 0.684. The molecule has 0 aliphatic carbocycles. The second-order valence-corrected chi connectivity index (χ2v) is 7.96. The fourth-order valence-corrected chi connectivity index (χ4v) is 3.83. The third-order valence-electron chi connectivity index (χ3n) is 4.85. The highest BCUT2D eigenvalue weighted by Crippen LogP contribution is 2.41. The summed E-state index contributed by atoms with van der Waals surface area (Å²) >= 11 is 0. The van der Waals surface area contributed by atoms with E-state index in [1.165, 1.54) is 16.8 Å². The van der Waals surface area contributed by atoms with Crippen LogP contribution in [0.25, 0.3) is 0 Å². The summed E-state index contributed by atoms with van der Waals surface area (Å²) in [4.78, 5) is 4.97. The molecule has 2 aliphatic rings. The van der Waals surface area contributed by atoms with Gasteiger partial charge in [0, 0.05) is 25.3 Å². The minimum Gasteiger partial charge on any atom is -0.337 e. The van der Waals surface area contributed by atoms with Gasteiger partial charge in [-0.2, -0.15) is 0 Å². The Morgan fingerprint density at radius 1 is 1.05 bits per heavy atom. The molecule has 2 saturated heterocycles. The molecule has 1 aromatic rings. The Balaban J connectivity index is 2.04. The standard InChI is InChI=1S/C19H30N2O/c1-13(2)15-8-7-9-16(14(3)4)17(15)21-11-10-20-12-19(5,6)22-18(20)21/h7-9,13-14,18H,10-12H2,1-6H3. The van der Waals surface area contributed by atoms with E-state index in [4.69, 9.17) is 4.74 Å². The SMILES string of the molecule is CC(C)c1cccc(C(C)C)c1N1CCN2CC(C)(C)OC21. The highest BCUT2D eigenvalue weighted by molar-refractivity contribution is 5.63. The van der Waals surface area contributed by atoms with Gasteiger partial charge in [0.15, 0.2) is 6.35 Å². The smallest absolute Gasteiger partial charge is 0.190 e. The van der Waals surface area contributed by atoms with Gasteiger partial charge in [0.05, 0.1) is 5.60 Å². The number of hydrogen-bond donors (Lipinski definition) is 0. The Hall–Kier alpha value is -1.06. The zero-order valence-electron chi connectivity index (χ0n) is 14.9. The Morgan fingerprint density at radius 2 is 1.64 bits per heavy atom. The van der Waals surface area contributed by atoms with Crippen LogP contribution in [0.2, 0.25) is 0 Å². The number of nitrogens with zero attached hydrogens (tertiary/aromatic N) is 2. The molecular formula is C19H30N2O. The van der Waals surface area contributed by atoms with Crippen LogP contribution < -0.4 is 4.90 Å². The molecule has 0 bridgehead atoms. The number of para-hydroxylation sites is 1. The summed E-state index contributed by atoms with van der Waals surface area (Å²) in [5.74, 6) is 1.05. The first-order valence-corrected chi connectivity index (χ1v) is 8.61. The molecule has 3 heteroatoms. The van der Waals surface area contributed by atoms with E-state index in [0.29, 0.717) is 11.8 Å². The van der Waals surface area contributed by atoms with E-state index in [0.717, 1.165) is 19.6 Å². The van der Waals surface area contributed by atoms with Gasteiger partial charge in [-0.3, -0.25) is 4.90 Å². The van der Waals surface area contributed by atoms with Crippen molar-refractivity contribution in [2.24, 2.45) is 0 Å². The van der Waals surface area contributed by atoms with Crippen LogP contribution in [0.3, 0.4) is 0 Å². The first kappa shape index (κ1) is 15.8. The molecule has 3 nitrogen and oxygen atoms in total. The summed E-state index contributed by atoms with van der Waals surface area (Å²) in [6, 6.07) is 6.78. The van der Waals surface area contributed by atoms with Crippen LogP contribution in [0, 0.1) is 0 Å². The van der Waals surface area contributed by atoms with Crippen molar-refractivity contribution in [3.63, 3.8) is 0 Å². The number of anilines is 1. The van der Waals surface area contributed by atoms with Gasteiger partial charge in [0.1, 0.15) is 0 Å². The molecule has 122 valence electrons. The van der Waals surface area contributed by atoms with Gasteiger partial charge in [0.25, 0.3) is 0 Å². The van der Waals surface area contributed by atoms with Crippen LogP contribution in [0.5, 0.6) is 0 Å². The maximum absolute atomic E-state index is 6.36. The second-order valence-electron chi connectivity index (χ2n) is 7.96. The lowest BCUT2D eigenvalue weighted by Crippen LogP contribution is -2.37. The number of rotatable bonds is 3. The Bertz CT molecular complexity index is 524. The molecule has 0 saturated carbocycles. The Kier molecular flexibility index (Phi) is 3.98. The first-order valence-electron chi connectivity index (χ1n) is 8.61. The minimum atomic E-state index is -0.0475. The summed E-state index contributed by atoms with van der Waals surface area (Å²) in [5, 5.41) is 0. The van der Waals surface area contributed by atoms with E-state index in [9.17, 15) is 0 Å². The molecule has 1 atom stereocenters. The molecule has 3 rings (SSSR count). The highest BCUT2D eigenvalue weighted by Gasteiger charge is 2.46. The van der Waals surface area contributed by atoms with E-state index in [-0.39, 0.29) is 12.0 Å². The molecule has 0 radical (unpaired) electrons. The lowest BCUT2D eigenvalue weighted by Gasteiger charge is -2.32. The zero-order chi connectivity index (χ0) is 16.1. The van der Waals surface area contributed by atoms with Crippen LogP contribution in [0.4, 0.5) is 5.69 Å². The largest absolute Gasteiger partial charge is 0.337 e. The predicted octanol–water partition coefficient (Wildman–Crippen LogP) is 4.15. The van der Waals surface area contributed by atoms with Crippen LogP contribution in [0.1, 0.15) is 64.5 Å². The maximum Gasteiger partial charge on any atom is 0.190 e. The van der Waals surface area contributed by atoms with Crippen molar-refractivity contribution in [1.82, 2.24) is 4.90 Å². The first-order chi connectivity index (χ1) is 10.3. The highest BCUT2D eigenvalue weighted by atomic mass is 16.6. The summed E-state index contributed by atoms with van der Waals surface area (Å²) < 4.78 is 6.36. The lowest BCUT2D eigenvalue weighted by atomic mass is 9.92. The van der Waals surface area contributed by atoms with Crippen LogP contribution in [0.15, 0.2) is 18.2 Å². The van der Waals surface area contributed by atoms with Crippen LogP contribution >= 0.6 is 0 Å². The van der Waals surface area contributed by atoms with E-state index >= 15 is 0 Å². The van der Waals surface area contributed by atoms with Crippen molar-refractivity contribution >= 4 is 5.69 Å². The number of benzene rings is 1. The van der Waals surface area contributed by atoms with E-state index in [1.54, 1.807) is 0 Å². The van der Waals surface area contributed by atoms with Crippen molar-refractivity contribution in [2.75, 3.05) is 24.5 Å². The fourth-order valence-electron chi connectivity index (χ4n) is 3.83. The molecule has 0 N–H and O–H groups in total. The lowest BCUT2D eigenvalue weighted by molar-refractivity contribution is -0.0253. The average molecular weight is 302 g/mol. The summed E-state index contributed by atoms with van der Waals surface area (Å²) in [5.41, 5.74) is 4.26. The molecule has 0 aromatic heterocycles. The van der Waals surface area contributed by atoms with Gasteiger partial charge in [0.2, 0.25) is 0 Å². The predicted molar refractivity (Wildman–Crippen MR) is 92.5 cm³/mol. The number of hydrogen-bond acceptors (Lipinski definition) is 3. The van der Waals surface area contributed by atoms with Gasteiger partial charge in [-0.05, 0) is 36.8 Å². The molecule has 2 aliphatic heterocycles. The van der Waals surface area contributed by atoms with E-state index < -0.39 is 0 Å². The normalized spacial score (nSPS) is 24.5. The Labute approximate surface area is 135 Å². The third-order valence-corrected chi connectivity index (χ3v) is 4.85. The second kappa shape index (κ2) is 5.54. The minimum absolute atomic E-state index is 0.0475. The monoisotopic (exact) mass is 302 g/mol. The number of fused-ring (bicyclic) bond motifs is 1. The van der Waals surface area contributed by atoms with Crippen molar-refractivity contribution in [2.45, 2.75) is 65.3 Å². The number of ether oxygens (including phenoxy) is 1. The molecule has 22 heavy (non-hydrogen) atoms. The summed E-state index contributed by atoms with van der Waals surface area (Å²) in [7, 11) is 0. The van der Waals surface area contributed by atoms with E-state index in [1.807, 2.05) is 0 Å². The molecule has 0 spiro atoms. The molecule has 2 fully saturated rings. The van der Waals surface area contributed by atoms with Crippen molar-refractivity contribution in [3.8, 4) is 0 Å². The molecular weight excluding hydrogens is 272 g/mol. The summed E-state index contributed by atoms with van der Waals surface area (Å²) in [6.45, 7) is 16.7. The topological polar surface area (TPSA) is 15.7 Å². The van der Waals surface area contributed by atoms with Gasteiger partial charge in [-0.25, -0.2) is 0 Å². The van der Waals surface area contributed by atoms with Gasteiger partial charge >= 0.3 is 0 Å². The molecule has 2 heterocycles. The van der Waals surface area contributed by atoms with Crippen LogP contribution in [-0.4, -0.2) is 36.5 Å². The van der Waals surface area contributed by atoms with Crippen molar-refractivity contribution in [3.05, 3.63) is 29.3 Å². The summed E-state index contributed by atoms with van der Waals surface area (Å²) in [6.07, 6.45) is 0.104. The maximum atomic E-state index is 6.36. The van der Waals surface area contributed by atoms with Gasteiger partial charge in [-0.1, -0.05) is 45.9 Å². The molecule has 0 amide bonds. The molecule has 1 aromatic carbocycles. The average Bonchev–Trinajstić information content (AvgIpc) is 2.92.